The summed E-state index contributed by atoms with van der Waals surface area (Å²) in [6, 6.07) is 7.77. The molecule has 1 aromatic heterocycles. The molecule has 0 radical (unpaired) electrons. The van der Waals surface area contributed by atoms with Crippen LogP contribution in [0, 0.1) is 5.82 Å². The monoisotopic (exact) mass is 266 g/mol. The van der Waals surface area contributed by atoms with Crippen LogP contribution in [-0.4, -0.2) is 17.1 Å². The van der Waals surface area contributed by atoms with Gasteiger partial charge in [0.15, 0.2) is 5.82 Å². The second kappa shape index (κ2) is 5.42. The third-order valence-electron chi connectivity index (χ3n) is 2.55. The van der Waals surface area contributed by atoms with Crippen LogP contribution in [-0.2, 0) is 4.74 Å². The van der Waals surface area contributed by atoms with Gasteiger partial charge in [0.2, 0.25) is 0 Å². The predicted octanol–water partition coefficient (Wildman–Crippen LogP) is 3.64. The van der Waals surface area contributed by atoms with Crippen LogP contribution in [0.1, 0.15) is 18.9 Å². The molecule has 0 fully saturated rings. The van der Waals surface area contributed by atoms with Gasteiger partial charge >= 0.3 is 0 Å². The first-order valence-electron chi connectivity index (χ1n) is 5.43. The van der Waals surface area contributed by atoms with E-state index in [9.17, 15) is 4.39 Å². The van der Waals surface area contributed by atoms with Crippen molar-refractivity contribution in [3.05, 3.63) is 47.1 Å². The number of benzene rings is 1. The molecule has 3 nitrogen and oxygen atoms in total. The standard InChI is InChI=1S/C13H12ClFN2O/c1-8(18-2)13-16-11(7-12(14)17-13)9-4-3-5-10(15)6-9/h3-8H,1-2H3/t8-/m1/s1. The van der Waals surface area contributed by atoms with Crippen LogP contribution in [0.25, 0.3) is 11.3 Å². The maximum Gasteiger partial charge on any atom is 0.159 e. The van der Waals surface area contributed by atoms with Crippen molar-refractivity contribution in [2.45, 2.75) is 13.0 Å². The molecular weight excluding hydrogens is 255 g/mol. The Hall–Kier alpha value is -1.52. The molecule has 1 aromatic carbocycles. The summed E-state index contributed by atoms with van der Waals surface area (Å²) in [5.41, 5.74) is 1.23. The number of rotatable bonds is 3. The highest BCUT2D eigenvalue weighted by Gasteiger charge is 2.11. The lowest BCUT2D eigenvalue weighted by molar-refractivity contribution is 0.112. The molecule has 18 heavy (non-hydrogen) atoms. The Morgan fingerprint density at radius 1 is 1.28 bits per heavy atom. The maximum absolute atomic E-state index is 13.2. The predicted molar refractivity (Wildman–Crippen MR) is 67.9 cm³/mol. The van der Waals surface area contributed by atoms with E-state index in [1.165, 1.54) is 12.1 Å². The van der Waals surface area contributed by atoms with Crippen LogP contribution in [0.4, 0.5) is 4.39 Å². The van der Waals surface area contributed by atoms with Gasteiger partial charge in [0.05, 0.1) is 5.69 Å². The first-order chi connectivity index (χ1) is 8.60. The normalized spacial score (nSPS) is 12.4. The Morgan fingerprint density at radius 2 is 2.06 bits per heavy atom. The summed E-state index contributed by atoms with van der Waals surface area (Å²) >= 11 is 5.94. The molecule has 0 saturated heterocycles. The van der Waals surface area contributed by atoms with Gasteiger partial charge in [-0.05, 0) is 19.1 Å². The molecule has 0 N–H and O–H groups in total. The first kappa shape index (κ1) is 12.9. The van der Waals surface area contributed by atoms with Crippen molar-refractivity contribution >= 4 is 11.6 Å². The van der Waals surface area contributed by atoms with Crippen LogP contribution in [0.15, 0.2) is 30.3 Å². The van der Waals surface area contributed by atoms with Crippen molar-refractivity contribution in [3.63, 3.8) is 0 Å². The minimum Gasteiger partial charge on any atom is -0.374 e. The zero-order valence-corrected chi connectivity index (χ0v) is 10.8. The second-order valence-electron chi connectivity index (χ2n) is 3.82. The maximum atomic E-state index is 13.2. The fourth-order valence-electron chi connectivity index (χ4n) is 1.52. The summed E-state index contributed by atoms with van der Waals surface area (Å²) in [5, 5.41) is 0.308. The van der Waals surface area contributed by atoms with Gasteiger partial charge < -0.3 is 4.74 Å². The Morgan fingerprint density at radius 3 is 2.72 bits per heavy atom. The number of halogens is 2. The van der Waals surface area contributed by atoms with Crippen LogP contribution >= 0.6 is 11.6 Å². The van der Waals surface area contributed by atoms with Crippen molar-refractivity contribution in [3.8, 4) is 11.3 Å². The minimum atomic E-state index is -0.316. The van der Waals surface area contributed by atoms with Crippen molar-refractivity contribution in [2.24, 2.45) is 0 Å². The number of methoxy groups -OCH3 is 1. The SMILES string of the molecule is CO[C@H](C)c1nc(Cl)cc(-c2cccc(F)c2)n1. The minimum absolute atomic E-state index is 0.268. The smallest absolute Gasteiger partial charge is 0.159 e. The van der Waals surface area contributed by atoms with Gasteiger partial charge in [-0.3, -0.25) is 0 Å². The Kier molecular flexibility index (Phi) is 3.89. The molecule has 1 heterocycles. The summed E-state index contributed by atoms with van der Waals surface area (Å²) in [6.07, 6.45) is -0.268. The van der Waals surface area contributed by atoms with E-state index < -0.39 is 0 Å². The van der Waals surface area contributed by atoms with Crippen LogP contribution in [0.5, 0.6) is 0 Å². The largest absolute Gasteiger partial charge is 0.374 e. The van der Waals surface area contributed by atoms with E-state index in [1.54, 1.807) is 25.3 Å². The molecular formula is C13H12ClFN2O. The first-order valence-corrected chi connectivity index (χ1v) is 5.81. The number of nitrogens with zero attached hydrogens (tertiary/aromatic N) is 2. The van der Waals surface area contributed by atoms with Gasteiger partial charge in [0, 0.05) is 18.7 Å². The van der Waals surface area contributed by atoms with Gasteiger partial charge in [0.25, 0.3) is 0 Å². The molecule has 0 spiro atoms. The van der Waals surface area contributed by atoms with Crippen LogP contribution in [0.2, 0.25) is 5.15 Å². The zero-order chi connectivity index (χ0) is 13.1. The van der Waals surface area contributed by atoms with E-state index in [-0.39, 0.29) is 11.9 Å². The summed E-state index contributed by atoms with van der Waals surface area (Å²) < 4.78 is 18.3. The highest BCUT2D eigenvalue weighted by atomic mass is 35.5. The van der Waals surface area contributed by atoms with E-state index in [2.05, 4.69) is 9.97 Å². The topological polar surface area (TPSA) is 35.0 Å². The van der Waals surface area contributed by atoms with Gasteiger partial charge in [0.1, 0.15) is 17.1 Å². The third-order valence-corrected chi connectivity index (χ3v) is 2.74. The highest BCUT2D eigenvalue weighted by molar-refractivity contribution is 6.29. The average molecular weight is 267 g/mol. The summed E-state index contributed by atoms with van der Waals surface area (Å²) in [7, 11) is 1.57. The molecule has 2 aromatic rings. The summed E-state index contributed by atoms with van der Waals surface area (Å²) in [5.74, 6) is 0.160. The van der Waals surface area contributed by atoms with E-state index >= 15 is 0 Å². The van der Waals surface area contributed by atoms with Crippen LogP contribution < -0.4 is 0 Å². The fraction of sp³-hybridized carbons (Fsp3) is 0.231. The van der Waals surface area contributed by atoms with E-state index in [4.69, 9.17) is 16.3 Å². The van der Waals surface area contributed by atoms with E-state index in [0.717, 1.165) is 0 Å². The van der Waals surface area contributed by atoms with Crippen LogP contribution in [0.3, 0.4) is 0 Å². The summed E-state index contributed by atoms with van der Waals surface area (Å²) in [4.78, 5) is 8.42. The zero-order valence-electron chi connectivity index (χ0n) is 10.0. The molecule has 0 saturated carbocycles. The molecule has 2 rings (SSSR count). The lowest BCUT2D eigenvalue weighted by atomic mass is 10.1. The lowest BCUT2D eigenvalue weighted by Crippen LogP contribution is -2.04. The van der Waals surface area contributed by atoms with Crippen molar-refractivity contribution in [1.29, 1.82) is 0 Å². The van der Waals surface area contributed by atoms with E-state index in [1.807, 2.05) is 6.92 Å². The molecule has 0 amide bonds. The molecule has 0 unspecified atom stereocenters. The van der Waals surface area contributed by atoms with Crippen molar-refractivity contribution in [2.75, 3.05) is 7.11 Å². The molecule has 5 heteroatoms. The molecule has 0 bridgehead atoms. The Bertz CT molecular complexity index is 562. The Balaban J connectivity index is 2.48. The van der Waals surface area contributed by atoms with Gasteiger partial charge in [-0.25, -0.2) is 14.4 Å². The average Bonchev–Trinajstić information content (AvgIpc) is 2.37. The van der Waals surface area contributed by atoms with Gasteiger partial charge in [-0.2, -0.15) is 0 Å². The third kappa shape index (κ3) is 2.83. The molecule has 0 aliphatic carbocycles. The number of ether oxygens (including phenoxy) is 1. The van der Waals surface area contributed by atoms with Gasteiger partial charge in [-0.15, -0.1) is 0 Å². The molecule has 1 atom stereocenters. The van der Waals surface area contributed by atoms with Crippen molar-refractivity contribution < 1.29 is 9.13 Å². The Labute approximate surface area is 110 Å². The lowest BCUT2D eigenvalue weighted by Gasteiger charge is -2.10. The second-order valence-corrected chi connectivity index (χ2v) is 4.21. The molecule has 0 aliphatic rings. The fourth-order valence-corrected chi connectivity index (χ4v) is 1.71. The van der Waals surface area contributed by atoms with E-state index in [0.29, 0.717) is 22.2 Å². The number of aromatic nitrogens is 2. The summed E-state index contributed by atoms with van der Waals surface area (Å²) in [6.45, 7) is 1.82. The highest BCUT2D eigenvalue weighted by Crippen LogP contribution is 2.23. The number of hydrogen-bond donors (Lipinski definition) is 0. The van der Waals surface area contributed by atoms with Gasteiger partial charge in [-0.1, -0.05) is 23.7 Å². The quantitative estimate of drug-likeness (QED) is 0.796. The number of hydrogen-bond acceptors (Lipinski definition) is 3. The molecule has 94 valence electrons. The molecule has 0 aliphatic heterocycles. The van der Waals surface area contributed by atoms with Crippen molar-refractivity contribution in [1.82, 2.24) is 9.97 Å².